The number of ketones is 1. The van der Waals surface area contributed by atoms with Crippen molar-refractivity contribution >= 4 is 22.9 Å². The van der Waals surface area contributed by atoms with E-state index < -0.39 is 0 Å². The Morgan fingerprint density at radius 1 is 0.968 bits per heavy atom. The molecule has 0 aromatic heterocycles. The summed E-state index contributed by atoms with van der Waals surface area (Å²) in [6, 6.07) is 23.1. The fourth-order valence-electron chi connectivity index (χ4n) is 4.74. The van der Waals surface area contributed by atoms with E-state index in [0.717, 1.165) is 29.1 Å². The van der Waals surface area contributed by atoms with Gasteiger partial charge in [-0.1, -0.05) is 48.5 Å². The monoisotopic (exact) mass is 412 g/mol. The van der Waals surface area contributed by atoms with Gasteiger partial charge in [-0.05, 0) is 47.7 Å². The molecule has 31 heavy (non-hydrogen) atoms. The number of benzene rings is 3. The Labute approximate surface area is 181 Å². The van der Waals surface area contributed by atoms with E-state index in [1.165, 1.54) is 12.7 Å². The molecule has 1 saturated carbocycles. The van der Waals surface area contributed by atoms with Crippen molar-refractivity contribution in [2.24, 2.45) is 10.9 Å². The van der Waals surface area contributed by atoms with Gasteiger partial charge >= 0.3 is 0 Å². The van der Waals surface area contributed by atoms with Gasteiger partial charge < -0.3 is 15.2 Å². The number of para-hydroxylation sites is 2. The van der Waals surface area contributed by atoms with Crippen LogP contribution in [0.25, 0.3) is 0 Å². The molecule has 0 spiro atoms. The molecule has 5 rings (SSSR count). The third-order valence-corrected chi connectivity index (χ3v) is 6.25. The van der Waals surface area contributed by atoms with Crippen LogP contribution in [0, 0.1) is 5.92 Å². The van der Waals surface area contributed by atoms with Crippen LogP contribution in [0.1, 0.15) is 35.9 Å². The zero-order valence-electron chi connectivity index (χ0n) is 17.3. The number of ether oxygens (including phenoxy) is 1. The molecule has 2 aliphatic rings. The van der Waals surface area contributed by atoms with Crippen molar-refractivity contribution in [1.29, 1.82) is 0 Å². The van der Waals surface area contributed by atoms with Crippen molar-refractivity contribution in [3.05, 3.63) is 83.9 Å². The maximum atomic E-state index is 13.5. The largest absolute Gasteiger partial charge is 0.504 e. The molecule has 3 atom stereocenters. The van der Waals surface area contributed by atoms with Gasteiger partial charge in [-0.25, -0.2) is 0 Å². The van der Waals surface area contributed by atoms with Gasteiger partial charge in [0, 0.05) is 12.1 Å². The second-order valence-electron chi connectivity index (χ2n) is 8.13. The standard InChI is InChI=1S/C26H24N2O3/c1-31-24-12-11-17(14-22(24)29)26-25-21(27-19-9-5-6-10-20(19)28-26)13-18(15-23(25)30)16-7-3-2-4-8-16/h2-12,14,18,25-26,28-29H,13,15H2,1H3. The van der Waals surface area contributed by atoms with E-state index >= 15 is 0 Å². The predicted molar refractivity (Wildman–Crippen MR) is 121 cm³/mol. The molecule has 3 aromatic rings. The van der Waals surface area contributed by atoms with Crippen LogP contribution < -0.4 is 10.1 Å². The fraction of sp³-hybridized carbons (Fsp3) is 0.231. The minimum Gasteiger partial charge on any atom is -0.504 e. The molecule has 1 heterocycles. The maximum Gasteiger partial charge on any atom is 0.160 e. The molecular formula is C26H24N2O3. The number of hydrogen-bond donors (Lipinski definition) is 2. The molecule has 0 radical (unpaired) electrons. The number of aliphatic imine (C=N–C) groups is 1. The highest BCUT2D eigenvalue weighted by molar-refractivity contribution is 6.10. The van der Waals surface area contributed by atoms with E-state index in [4.69, 9.17) is 9.73 Å². The van der Waals surface area contributed by atoms with E-state index in [1.54, 1.807) is 12.1 Å². The highest BCUT2D eigenvalue weighted by Gasteiger charge is 2.41. The van der Waals surface area contributed by atoms with Crippen LogP contribution in [0.3, 0.4) is 0 Å². The Morgan fingerprint density at radius 3 is 2.52 bits per heavy atom. The van der Waals surface area contributed by atoms with Gasteiger partial charge in [-0.2, -0.15) is 0 Å². The van der Waals surface area contributed by atoms with Gasteiger partial charge in [-0.15, -0.1) is 0 Å². The summed E-state index contributed by atoms with van der Waals surface area (Å²) in [7, 11) is 1.52. The molecule has 3 unspecified atom stereocenters. The number of rotatable bonds is 3. The van der Waals surface area contributed by atoms with E-state index in [9.17, 15) is 9.90 Å². The first-order valence-corrected chi connectivity index (χ1v) is 10.5. The Morgan fingerprint density at radius 2 is 1.74 bits per heavy atom. The van der Waals surface area contributed by atoms with Crippen molar-refractivity contribution in [3.8, 4) is 11.5 Å². The molecule has 156 valence electrons. The number of carbonyl (C=O) groups excluding carboxylic acids is 1. The molecule has 5 heteroatoms. The average Bonchev–Trinajstić information content (AvgIpc) is 2.96. The molecule has 0 bridgehead atoms. The van der Waals surface area contributed by atoms with Crippen LogP contribution in [0.2, 0.25) is 0 Å². The van der Waals surface area contributed by atoms with Gasteiger partial charge in [0.05, 0.1) is 30.4 Å². The summed E-state index contributed by atoms with van der Waals surface area (Å²) < 4.78 is 5.20. The Balaban J connectivity index is 1.59. The normalized spacial score (nSPS) is 22.4. The van der Waals surface area contributed by atoms with Gasteiger partial charge in [0.15, 0.2) is 11.5 Å². The molecule has 1 fully saturated rings. The van der Waals surface area contributed by atoms with E-state index in [-0.39, 0.29) is 29.4 Å². The first-order valence-electron chi connectivity index (χ1n) is 10.5. The number of hydrogen-bond acceptors (Lipinski definition) is 5. The van der Waals surface area contributed by atoms with Crippen LogP contribution in [0.4, 0.5) is 11.4 Å². The maximum absolute atomic E-state index is 13.5. The van der Waals surface area contributed by atoms with Crippen molar-refractivity contribution in [2.75, 3.05) is 12.4 Å². The summed E-state index contributed by atoms with van der Waals surface area (Å²) in [5, 5.41) is 13.9. The van der Waals surface area contributed by atoms with Crippen LogP contribution in [-0.4, -0.2) is 23.7 Å². The van der Waals surface area contributed by atoms with Gasteiger partial charge in [-0.3, -0.25) is 9.79 Å². The summed E-state index contributed by atoms with van der Waals surface area (Å²) in [6.07, 6.45) is 1.21. The molecule has 0 amide bonds. The van der Waals surface area contributed by atoms with Crippen LogP contribution in [0.5, 0.6) is 11.5 Å². The topological polar surface area (TPSA) is 70.9 Å². The number of phenols is 1. The summed E-state index contributed by atoms with van der Waals surface area (Å²) in [6.45, 7) is 0. The number of nitrogens with zero attached hydrogens (tertiary/aromatic N) is 1. The van der Waals surface area contributed by atoms with Crippen LogP contribution in [0.15, 0.2) is 77.8 Å². The van der Waals surface area contributed by atoms with Gasteiger partial charge in [0.1, 0.15) is 5.78 Å². The smallest absolute Gasteiger partial charge is 0.160 e. The average molecular weight is 412 g/mol. The lowest BCUT2D eigenvalue weighted by Gasteiger charge is -2.34. The molecule has 1 aliphatic carbocycles. The number of carbonyl (C=O) groups is 1. The first-order chi connectivity index (χ1) is 15.1. The summed E-state index contributed by atoms with van der Waals surface area (Å²) in [5.41, 5.74) is 4.61. The molecule has 5 nitrogen and oxygen atoms in total. The first kappa shape index (κ1) is 19.4. The molecular weight excluding hydrogens is 388 g/mol. The lowest BCUT2D eigenvalue weighted by Crippen LogP contribution is -2.38. The SMILES string of the molecule is COc1ccc(C2Nc3ccccc3N=C3CC(c4ccccc4)CC(=O)C32)cc1O. The zero-order chi connectivity index (χ0) is 21.4. The second kappa shape index (κ2) is 7.91. The second-order valence-corrected chi connectivity index (χ2v) is 8.13. The van der Waals surface area contributed by atoms with Gasteiger partial charge in [0.25, 0.3) is 0 Å². The number of aromatic hydroxyl groups is 1. The number of nitrogens with one attached hydrogen (secondary N) is 1. The number of Topliss-reactive ketones (excluding diaryl/α,β-unsaturated/α-hetero) is 1. The number of methoxy groups -OCH3 is 1. The third-order valence-electron chi connectivity index (χ3n) is 6.25. The van der Waals surface area contributed by atoms with E-state index in [2.05, 4.69) is 17.4 Å². The zero-order valence-corrected chi connectivity index (χ0v) is 17.3. The molecule has 1 aliphatic heterocycles. The van der Waals surface area contributed by atoms with Crippen molar-refractivity contribution in [1.82, 2.24) is 0 Å². The predicted octanol–water partition coefficient (Wildman–Crippen LogP) is 5.40. The highest BCUT2D eigenvalue weighted by Crippen LogP contribution is 2.44. The van der Waals surface area contributed by atoms with Crippen molar-refractivity contribution in [2.45, 2.75) is 24.8 Å². The molecule has 0 saturated heterocycles. The molecule has 2 N–H and O–H groups in total. The van der Waals surface area contributed by atoms with E-state index in [1.807, 2.05) is 48.5 Å². The Bertz CT molecular complexity index is 1160. The van der Waals surface area contributed by atoms with Gasteiger partial charge in [0.2, 0.25) is 0 Å². The fourth-order valence-corrected chi connectivity index (χ4v) is 4.74. The Hall–Kier alpha value is -3.60. The summed E-state index contributed by atoms with van der Waals surface area (Å²) in [5.74, 6) is 0.368. The van der Waals surface area contributed by atoms with Crippen molar-refractivity contribution in [3.63, 3.8) is 0 Å². The minimum atomic E-state index is -0.389. The number of phenolic OH excluding ortho intramolecular Hbond substituents is 1. The quantitative estimate of drug-likeness (QED) is 0.604. The molecule has 3 aromatic carbocycles. The van der Waals surface area contributed by atoms with Crippen LogP contribution >= 0.6 is 0 Å². The van der Waals surface area contributed by atoms with Crippen molar-refractivity contribution < 1.29 is 14.6 Å². The lowest BCUT2D eigenvalue weighted by atomic mass is 9.72. The number of anilines is 1. The minimum absolute atomic E-state index is 0.0586. The van der Waals surface area contributed by atoms with Crippen LogP contribution in [-0.2, 0) is 4.79 Å². The van der Waals surface area contributed by atoms with E-state index in [0.29, 0.717) is 12.2 Å². The lowest BCUT2D eigenvalue weighted by molar-refractivity contribution is -0.122. The summed E-state index contributed by atoms with van der Waals surface area (Å²) >= 11 is 0. The number of fused-ring (bicyclic) bond motifs is 2. The third kappa shape index (κ3) is 3.56. The highest BCUT2D eigenvalue weighted by atomic mass is 16.5. The Kier molecular flexibility index (Phi) is 4.94. The summed E-state index contributed by atoms with van der Waals surface area (Å²) in [4.78, 5) is 18.5.